The van der Waals surface area contributed by atoms with Crippen molar-refractivity contribution >= 4 is 54.1 Å². The van der Waals surface area contributed by atoms with Crippen LogP contribution in [0, 0.1) is 0 Å². The van der Waals surface area contributed by atoms with Crippen LogP contribution in [0.3, 0.4) is 0 Å². The van der Waals surface area contributed by atoms with E-state index in [1.54, 1.807) is 24.3 Å². The first-order chi connectivity index (χ1) is 27.7. The SMILES string of the molecule is [2H]c1c([2H])c([2H])c2c(-c3c(-c4cccc5ccc6ccccc6c45)oc4c(-c5ccccc5)cccc34)c3c([2H])c([2H])c([2H])c([2H])c3c(-c3ccccc3)c2c1[2H]. The first-order valence-electron chi connectivity index (χ1n) is 20.2. The van der Waals surface area contributed by atoms with Gasteiger partial charge in [-0.25, -0.2) is 0 Å². The van der Waals surface area contributed by atoms with Gasteiger partial charge in [0.2, 0.25) is 0 Å². The average molecular weight is 631 g/mol. The minimum atomic E-state index is -0.455. The molecule has 9 aromatic carbocycles. The molecule has 0 saturated carbocycles. The molecule has 0 radical (unpaired) electrons. The average Bonchev–Trinajstić information content (AvgIpc) is 3.64. The van der Waals surface area contributed by atoms with Crippen molar-refractivity contribution in [1.29, 1.82) is 0 Å². The fourth-order valence-electron chi connectivity index (χ4n) is 7.42. The number of fused-ring (bicyclic) bond motifs is 6. The number of hydrogen-bond donors (Lipinski definition) is 0. The molecular weight excluding hydrogens is 593 g/mol. The van der Waals surface area contributed by atoms with E-state index in [-0.39, 0.29) is 51.3 Å². The van der Waals surface area contributed by atoms with Gasteiger partial charge in [0, 0.05) is 33.0 Å². The summed E-state index contributed by atoms with van der Waals surface area (Å²) in [5.41, 5.74) is 4.52. The van der Waals surface area contributed by atoms with Crippen molar-refractivity contribution in [3.8, 4) is 44.7 Å². The molecule has 1 heterocycles. The summed E-state index contributed by atoms with van der Waals surface area (Å²) in [7, 11) is 0. The molecular formula is C48H30O. The summed E-state index contributed by atoms with van der Waals surface area (Å²) >= 11 is 0. The molecule has 1 nitrogen and oxygen atoms in total. The molecule has 0 spiro atoms. The van der Waals surface area contributed by atoms with E-state index in [2.05, 4.69) is 24.3 Å². The van der Waals surface area contributed by atoms with Crippen molar-refractivity contribution in [3.05, 3.63) is 182 Å². The lowest BCUT2D eigenvalue weighted by molar-refractivity contribution is 0.634. The molecule has 0 N–H and O–H groups in total. The molecule has 10 rings (SSSR count). The standard InChI is InChI=1S/C48H30O/c1-3-15-31(16-4-1)36-26-14-28-42-46(48(49-47(36)42)41-27-13-20-34-30-29-32-17-7-8-21-35(32)43(34)41)45-39-24-11-9-22-37(39)44(33-18-5-2-6-19-33)38-23-10-12-25-40(38)45/h1-30H/i9D,10D,11D,12D,22D,23D,24D,25D. The van der Waals surface area contributed by atoms with E-state index in [9.17, 15) is 5.48 Å². The van der Waals surface area contributed by atoms with Gasteiger partial charge in [-0.15, -0.1) is 0 Å². The smallest absolute Gasteiger partial charge is 0.143 e. The molecule has 0 saturated heterocycles. The third kappa shape index (κ3) is 4.26. The van der Waals surface area contributed by atoms with Gasteiger partial charge < -0.3 is 4.42 Å². The van der Waals surface area contributed by atoms with Crippen LogP contribution in [-0.2, 0) is 0 Å². The molecule has 0 aliphatic carbocycles. The zero-order chi connectivity index (χ0) is 39.3. The molecule has 1 aromatic heterocycles. The van der Waals surface area contributed by atoms with Crippen LogP contribution in [-0.4, -0.2) is 0 Å². The Labute approximate surface area is 295 Å². The minimum absolute atomic E-state index is 0.136. The topological polar surface area (TPSA) is 13.1 Å². The zero-order valence-electron chi connectivity index (χ0n) is 34.1. The van der Waals surface area contributed by atoms with E-state index < -0.39 is 24.2 Å². The summed E-state index contributed by atoms with van der Waals surface area (Å²) in [6.07, 6.45) is 0. The Kier molecular flexibility index (Phi) is 4.69. The molecule has 0 bridgehead atoms. The fraction of sp³-hybridized carbons (Fsp3) is 0. The molecule has 10 aromatic rings. The fourth-order valence-corrected chi connectivity index (χ4v) is 7.42. The summed E-state index contributed by atoms with van der Waals surface area (Å²) in [4.78, 5) is 0. The van der Waals surface area contributed by atoms with Gasteiger partial charge in [-0.3, -0.25) is 0 Å². The van der Waals surface area contributed by atoms with Gasteiger partial charge in [-0.1, -0.05) is 182 Å². The summed E-state index contributed by atoms with van der Waals surface area (Å²) < 4.78 is 81.1. The quantitative estimate of drug-likeness (QED) is 0.139. The first kappa shape index (κ1) is 20.7. The molecule has 0 unspecified atom stereocenters. The van der Waals surface area contributed by atoms with Crippen molar-refractivity contribution in [1.82, 2.24) is 0 Å². The predicted molar refractivity (Wildman–Crippen MR) is 208 cm³/mol. The highest BCUT2D eigenvalue weighted by Crippen LogP contribution is 2.52. The highest BCUT2D eigenvalue weighted by atomic mass is 16.3. The predicted octanol–water partition coefficient (Wildman–Crippen LogP) is 13.7. The van der Waals surface area contributed by atoms with Gasteiger partial charge in [0.1, 0.15) is 11.3 Å². The van der Waals surface area contributed by atoms with Gasteiger partial charge in [0.25, 0.3) is 0 Å². The lowest BCUT2D eigenvalue weighted by atomic mass is 9.84. The van der Waals surface area contributed by atoms with Crippen LogP contribution in [0.15, 0.2) is 186 Å². The van der Waals surface area contributed by atoms with Gasteiger partial charge in [-0.2, -0.15) is 0 Å². The highest BCUT2D eigenvalue weighted by Gasteiger charge is 2.26. The summed E-state index contributed by atoms with van der Waals surface area (Å²) in [5, 5.41) is 5.08. The number of para-hydroxylation sites is 1. The third-order valence-electron chi connectivity index (χ3n) is 9.50. The minimum Gasteiger partial charge on any atom is -0.455 e. The second-order valence-corrected chi connectivity index (χ2v) is 12.2. The lowest BCUT2D eigenvalue weighted by Gasteiger charge is -2.18. The van der Waals surface area contributed by atoms with Crippen LogP contribution in [0.5, 0.6) is 0 Å². The largest absolute Gasteiger partial charge is 0.455 e. The Morgan fingerprint density at radius 2 is 0.898 bits per heavy atom. The third-order valence-corrected chi connectivity index (χ3v) is 9.50. The number of furan rings is 1. The summed E-state index contributed by atoms with van der Waals surface area (Å²) in [6, 6.07) is 39.8. The van der Waals surface area contributed by atoms with E-state index in [0.717, 1.165) is 38.2 Å². The van der Waals surface area contributed by atoms with Crippen LogP contribution < -0.4 is 0 Å². The molecule has 0 fully saturated rings. The summed E-state index contributed by atoms with van der Waals surface area (Å²) in [6.45, 7) is 0. The van der Waals surface area contributed by atoms with Crippen molar-refractivity contribution in [3.63, 3.8) is 0 Å². The van der Waals surface area contributed by atoms with Gasteiger partial charge in [-0.05, 0) is 54.4 Å². The normalized spacial score (nSPS) is 14.0. The number of benzene rings is 9. The molecule has 0 atom stereocenters. The van der Waals surface area contributed by atoms with Gasteiger partial charge in [0.05, 0.1) is 11.0 Å². The van der Waals surface area contributed by atoms with Crippen molar-refractivity contribution in [2.75, 3.05) is 0 Å². The second-order valence-electron chi connectivity index (χ2n) is 12.2. The van der Waals surface area contributed by atoms with E-state index in [1.807, 2.05) is 84.9 Å². The van der Waals surface area contributed by atoms with E-state index in [1.165, 1.54) is 0 Å². The maximum Gasteiger partial charge on any atom is 0.143 e. The second kappa shape index (κ2) is 11.1. The molecule has 49 heavy (non-hydrogen) atoms. The molecule has 0 aliphatic heterocycles. The van der Waals surface area contributed by atoms with Crippen LogP contribution in [0.25, 0.3) is 98.8 Å². The van der Waals surface area contributed by atoms with Crippen LogP contribution >= 0.6 is 0 Å². The molecule has 228 valence electrons. The van der Waals surface area contributed by atoms with Gasteiger partial charge in [0.15, 0.2) is 0 Å². The lowest BCUT2D eigenvalue weighted by Crippen LogP contribution is -1.92. The Bertz CT molecular complexity index is 3240. The number of rotatable bonds is 4. The van der Waals surface area contributed by atoms with E-state index in [0.29, 0.717) is 33.4 Å². The Morgan fingerprint density at radius 3 is 1.61 bits per heavy atom. The van der Waals surface area contributed by atoms with E-state index in [4.69, 9.17) is 9.90 Å². The molecule has 0 amide bonds. The summed E-state index contributed by atoms with van der Waals surface area (Å²) in [5.74, 6) is 0.408. The van der Waals surface area contributed by atoms with Gasteiger partial charge >= 0.3 is 0 Å². The maximum absolute atomic E-state index is 9.61. The number of hydrogen-bond acceptors (Lipinski definition) is 1. The Balaban J connectivity index is 1.53. The molecule has 0 aliphatic rings. The van der Waals surface area contributed by atoms with Crippen molar-refractivity contribution < 1.29 is 15.4 Å². The van der Waals surface area contributed by atoms with Crippen LogP contribution in [0.4, 0.5) is 0 Å². The molecule has 1 heteroatoms. The van der Waals surface area contributed by atoms with Crippen LogP contribution in [0.2, 0.25) is 0 Å². The van der Waals surface area contributed by atoms with Crippen LogP contribution in [0.1, 0.15) is 11.0 Å². The van der Waals surface area contributed by atoms with Crippen molar-refractivity contribution in [2.45, 2.75) is 0 Å². The highest BCUT2D eigenvalue weighted by molar-refractivity contribution is 6.26. The van der Waals surface area contributed by atoms with E-state index >= 15 is 0 Å². The zero-order valence-corrected chi connectivity index (χ0v) is 26.1. The Morgan fingerprint density at radius 1 is 0.367 bits per heavy atom. The maximum atomic E-state index is 9.61. The van der Waals surface area contributed by atoms with Crippen molar-refractivity contribution in [2.24, 2.45) is 0 Å². The Hall–Kier alpha value is -6.44. The first-order valence-corrected chi connectivity index (χ1v) is 16.2. The monoisotopic (exact) mass is 630 g/mol.